The van der Waals surface area contributed by atoms with Crippen LogP contribution in [0.1, 0.15) is 47.2 Å². The first-order valence-electron chi connectivity index (χ1n) is 7.11. The maximum Gasteiger partial charge on any atom is 0.251 e. The summed E-state index contributed by atoms with van der Waals surface area (Å²) < 4.78 is 12.1. The number of rotatable bonds is 6. The summed E-state index contributed by atoms with van der Waals surface area (Å²) in [4.78, 5) is 12.0. The minimum Gasteiger partial charge on any atom is -0.352 e. The number of amides is 1. The van der Waals surface area contributed by atoms with Crippen molar-refractivity contribution in [3.63, 3.8) is 0 Å². The van der Waals surface area contributed by atoms with Crippen LogP contribution in [0.5, 0.6) is 0 Å². The summed E-state index contributed by atoms with van der Waals surface area (Å²) in [6.07, 6.45) is 3.21. The van der Waals surface area contributed by atoms with Crippen molar-refractivity contribution in [2.24, 2.45) is 5.92 Å². The highest BCUT2D eigenvalue weighted by molar-refractivity contribution is 9.10. The van der Waals surface area contributed by atoms with Gasteiger partial charge in [0.25, 0.3) is 5.91 Å². The molecule has 5 heteroatoms. The molecule has 0 heterocycles. The lowest BCUT2D eigenvalue weighted by molar-refractivity contribution is 0.0952. The highest BCUT2D eigenvalue weighted by Gasteiger charge is 2.52. The molecule has 1 aromatic rings. The van der Waals surface area contributed by atoms with Crippen molar-refractivity contribution >= 4 is 21.8 Å². The predicted molar refractivity (Wildman–Crippen MR) is 83.0 cm³/mol. The van der Waals surface area contributed by atoms with Gasteiger partial charge in [-0.25, -0.2) is 4.39 Å². The number of unbranched alkanes of at least 4 members (excludes halogenated alkanes) is 1. The summed E-state index contributed by atoms with van der Waals surface area (Å²) in [5.41, 5.74) is 1.95. The van der Waals surface area contributed by atoms with Gasteiger partial charge in [0.15, 0.2) is 4.58 Å². The highest BCUT2D eigenvalue weighted by Crippen LogP contribution is 2.54. The minimum absolute atomic E-state index is 0.122. The number of hydrogen-bond donors (Lipinski definition) is 1. The van der Waals surface area contributed by atoms with Gasteiger partial charge in [0.1, 0.15) is 0 Å². The van der Waals surface area contributed by atoms with E-state index in [-0.39, 0.29) is 11.8 Å². The third-order valence-corrected chi connectivity index (χ3v) is 4.79. The Bertz CT molecular complexity index is 580. The molecule has 1 amide bonds. The second-order valence-electron chi connectivity index (χ2n) is 5.56. The van der Waals surface area contributed by atoms with Crippen LogP contribution in [0, 0.1) is 24.2 Å². The Kier molecular flexibility index (Phi) is 5.00. The molecule has 1 aromatic carbocycles. The van der Waals surface area contributed by atoms with Crippen LogP contribution in [-0.4, -0.2) is 17.0 Å². The average Bonchev–Trinajstić information content (AvgIpc) is 3.05. The molecule has 2 unspecified atom stereocenters. The molecule has 0 spiro atoms. The zero-order chi connectivity index (χ0) is 15.5. The quantitative estimate of drug-likeness (QED) is 0.624. The van der Waals surface area contributed by atoms with Crippen molar-refractivity contribution in [2.75, 3.05) is 6.54 Å². The molecule has 1 aliphatic carbocycles. The Morgan fingerprint density at radius 1 is 1.57 bits per heavy atom. The van der Waals surface area contributed by atoms with Crippen molar-refractivity contribution in [3.05, 3.63) is 34.9 Å². The average molecular weight is 353 g/mol. The lowest BCUT2D eigenvalue weighted by Gasteiger charge is -2.08. The van der Waals surface area contributed by atoms with E-state index in [2.05, 4.69) is 27.3 Å². The molecule has 2 rings (SSSR count). The van der Waals surface area contributed by atoms with Crippen LogP contribution >= 0.6 is 15.9 Å². The van der Waals surface area contributed by atoms with Crippen LogP contribution in [0.15, 0.2) is 18.2 Å². The van der Waals surface area contributed by atoms with Gasteiger partial charge in [0.05, 0.1) is 11.6 Å². The van der Waals surface area contributed by atoms with E-state index in [1.807, 2.05) is 6.92 Å². The Morgan fingerprint density at radius 3 is 2.86 bits per heavy atom. The normalized spacial score (nSPS) is 23.4. The van der Waals surface area contributed by atoms with E-state index < -0.39 is 4.58 Å². The second-order valence-corrected chi connectivity index (χ2v) is 6.87. The number of benzene rings is 1. The molecule has 0 radical (unpaired) electrons. The van der Waals surface area contributed by atoms with E-state index >= 15 is 0 Å². The number of nitriles is 1. The zero-order valence-corrected chi connectivity index (χ0v) is 13.5. The van der Waals surface area contributed by atoms with Gasteiger partial charge in [-0.1, -0.05) is 6.42 Å². The number of nitrogens with one attached hydrogen (secondary N) is 1. The lowest BCUT2D eigenvalue weighted by Crippen LogP contribution is -2.25. The molecule has 112 valence electrons. The molecule has 3 nitrogen and oxygen atoms in total. The first-order chi connectivity index (χ1) is 9.94. The van der Waals surface area contributed by atoms with Gasteiger partial charge in [-0.15, -0.1) is 0 Å². The van der Waals surface area contributed by atoms with Gasteiger partial charge in [-0.2, -0.15) is 5.26 Å². The van der Waals surface area contributed by atoms with Crippen LogP contribution < -0.4 is 5.32 Å². The van der Waals surface area contributed by atoms with Gasteiger partial charge < -0.3 is 5.32 Å². The Hall–Kier alpha value is -1.41. The number of nitrogens with zero attached hydrogens (tertiary/aromatic N) is 1. The Morgan fingerprint density at radius 2 is 2.29 bits per heavy atom. The summed E-state index contributed by atoms with van der Waals surface area (Å²) in [6.45, 7) is 2.41. The monoisotopic (exact) mass is 352 g/mol. The number of alkyl halides is 2. The molecule has 0 saturated heterocycles. The van der Waals surface area contributed by atoms with Gasteiger partial charge in [0.2, 0.25) is 0 Å². The number of carbonyl (C=O) groups excluding carboxylic acids is 1. The summed E-state index contributed by atoms with van der Waals surface area (Å²) in [7, 11) is 0. The summed E-state index contributed by atoms with van der Waals surface area (Å²) >= 11 is 3.04. The molecule has 1 aliphatic rings. The fraction of sp³-hybridized carbons (Fsp3) is 0.500. The molecular weight excluding hydrogens is 335 g/mol. The van der Waals surface area contributed by atoms with E-state index in [0.29, 0.717) is 24.1 Å². The summed E-state index contributed by atoms with van der Waals surface area (Å²) in [6, 6.07) is 7.08. The molecular formula is C16H18BrFN2O. The molecule has 0 bridgehead atoms. The van der Waals surface area contributed by atoms with E-state index in [1.165, 1.54) is 0 Å². The smallest absolute Gasteiger partial charge is 0.251 e. The molecule has 1 saturated carbocycles. The van der Waals surface area contributed by atoms with Crippen molar-refractivity contribution in [2.45, 2.75) is 37.2 Å². The summed E-state index contributed by atoms with van der Waals surface area (Å²) in [5.74, 6) is 0.0118. The third kappa shape index (κ3) is 4.28. The first kappa shape index (κ1) is 16.0. The van der Waals surface area contributed by atoms with Gasteiger partial charge in [-0.05, 0) is 65.9 Å². The van der Waals surface area contributed by atoms with Gasteiger partial charge >= 0.3 is 0 Å². The number of aryl methyl sites for hydroxylation is 1. The topological polar surface area (TPSA) is 52.9 Å². The molecule has 1 fully saturated rings. The van der Waals surface area contributed by atoms with Crippen molar-refractivity contribution in [3.8, 4) is 6.07 Å². The van der Waals surface area contributed by atoms with E-state index in [0.717, 1.165) is 24.8 Å². The minimum atomic E-state index is -1.13. The van der Waals surface area contributed by atoms with Gasteiger partial charge in [0, 0.05) is 18.0 Å². The van der Waals surface area contributed by atoms with Crippen LogP contribution in [-0.2, 0) is 0 Å². The molecule has 1 N–H and O–H groups in total. The summed E-state index contributed by atoms with van der Waals surface area (Å²) in [5, 5.41) is 11.7. The highest BCUT2D eigenvalue weighted by atomic mass is 79.9. The van der Waals surface area contributed by atoms with Crippen LogP contribution in [0.2, 0.25) is 0 Å². The number of hydrogen-bond acceptors (Lipinski definition) is 2. The predicted octanol–water partition coefficient (Wildman–Crippen LogP) is 3.85. The molecule has 2 atom stereocenters. The standard InChI is InChI=1S/C16H18BrFN2O/c1-11-8-12(10-19)5-6-14(11)15(21)20-7-3-2-4-13-9-16(13,17)18/h5-6,8,13H,2-4,7,9H2,1H3,(H,20,21). The van der Waals surface area contributed by atoms with Crippen LogP contribution in [0.25, 0.3) is 0 Å². The van der Waals surface area contributed by atoms with E-state index in [1.54, 1.807) is 18.2 Å². The Labute approximate surface area is 132 Å². The molecule has 21 heavy (non-hydrogen) atoms. The fourth-order valence-electron chi connectivity index (χ4n) is 2.38. The third-order valence-electron chi connectivity index (χ3n) is 3.82. The van der Waals surface area contributed by atoms with Crippen molar-refractivity contribution < 1.29 is 9.18 Å². The maximum absolute atomic E-state index is 13.3. The van der Waals surface area contributed by atoms with E-state index in [9.17, 15) is 9.18 Å². The lowest BCUT2D eigenvalue weighted by atomic mass is 10.0. The van der Waals surface area contributed by atoms with E-state index in [4.69, 9.17) is 5.26 Å². The number of halogens is 2. The first-order valence-corrected chi connectivity index (χ1v) is 7.90. The number of carbonyl (C=O) groups is 1. The van der Waals surface area contributed by atoms with Crippen LogP contribution in [0.3, 0.4) is 0 Å². The Balaban J connectivity index is 1.71. The van der Waals surface area contributed by atoms with Crippen molar-refractivity contribution in [1.82, 2.24) is 5.32 Å². The fourth-order valence-corrected chi connectivity index (χ4v) is 3.00. The second kappa shape index (κ2) is 6.57. The van der Waals surface area contributed by atoms with Gasteiger partial charge in [-0.3, -0.25) is 4.79 Å². The largest absolute Gasteiger partial charge is 0.352 e. The van der Waals surface area contributed by atoms with Crippen LogP contribution in [0.4, 0.5) is 4.39 Å². The molecule has 0 aliphatic heterocycles. The maximum atomic E-state index is 13.3. The molecule has 0 aromatic heterocycles. The zero-order valence-electron chi connectivity index (χ0n) is 12.0. The SMILES string of the molecule is Cc1cc(C#N)ccc1C(=O)NCCCCC1CC1(F)Br. The van der Waals surface area contributed by atoms with Crippen molar-refractivity contribution in [1.29, 1.82) is 5.26 Å².